The van der Waals surface area contributed by atoms with Gasteiger partial charge in [-0.1, -0.05) is 30.3 Å². The van der Waals surface area contributed by atoms with Crippen LogP contribution in [0.3, 0.4) is 0 Å². The molecule has 0 radical (unpaired) electrons. The third kappa shape index (κ3) is 4.14. The third-order valence-electron chi connectivity index (χ3n) is 3.14. The number of benzene rings is 1. The van der Waals surface area contributed by atoms with Gasteiger partial charge in [-0.15, -0.1) is 11.3 Å². The normalized spacial score (nSPS) is 11.7. The average Bonchev–Trinajstić information content (AvgIpc) is 2.82. The molecule has 0 aliphatic carbocycles. The van der Waals surface area contributed by atoms with Crippen molar-refractivity contribution in [1.29, 1.82) is 0 Å². The SMILES string of the molecule is CNCc1scc(C)c1S(=O)(=O)NCCc1ccccc1. The van der Waals surface area contributed by atoms with Gasteiger partial charge < -0.3 is 5.32 Å². The molecule has 0 unspecified atom stereocenters. The van der Waals surface area contributed by atoms with Gasteiger partial charge in [0.2, 0.25) is 10.0 Å². The second-order valence-corrected chi connectivity index (χ2v) is 7.50. The summed E-state index contributed by atoms with van der Waals surface area (Å²) in [6.45, 7) is 2.80. The number of thiophene rings is 1. The first kappa shape index (κ1) is 16.2. The molecule has 6 heteroatoms. The van der Waals surface area contributed by atoms with Crippen molar-refractivity contribution in [2.45, 2.75) is 24.8 Å². The summed E-state index contributed by atoms with van der Waals surface area (Å²) in [5.74, 6) is 0. The second-order valence-electron chi connectivity index (χ2n) is 4.83. The molecule has 2 aromatic rings. The van der Waals surface area contributed by atoms with Crippen molar-refractivity contribution < 1.29 is 8.42 Å². The Kier molecular flexibility index (Phi) is 5.52. The number of hydrogen-bond acceptors (Lipinski definition) is 4. The van der Waals surface area contributed by atoms with Crippen molar-refractivity contribution in [3.05, 3.63) is 51.7 Å². The molecule has 0 saturated heterocycles. The standard InChI is InChI=1S/C15H20N2O2S2/c1-12-11-20-14(10-16-2)15(12)21(18,19)17-9-8-13-6-4-3-5-7-13/h3-7,11,16-17H,8-10H2,1-2H3. The van der Waals surface area contributed by atoms with Gasteiger partial charge >= 0.3 is 0 Å². The average molecular weight is 324 g/mol. The van der Waals surface area contributed by atoms with Gasteiger partial charge in [0.25, 0.3) is 0 Å². The molecule has 114 valence electrons. The fourth-order valence-electron chi connectivity index (χ4n) is 2.18. The summed E-state index contributed by atoms with van der Waals surface area (Å²) >= 11 is 1.48. The van der Waals surface area contributed by atoms with E-state index in [1.807, 2.05) is 49.7 Å². The van der Waals surface area contributed by atoms with Crippen LogP contribution in [0.15, 0.2) is 40.6 Å². The van der Waals surface area contributed by atoms with Gasteiger partial charge in [-0.25, -0.2) is 13.1 Å². The lowest BCUT2D eigenvalue weighted by Crippen LogP contribution is -2.27. The molecule has 2 N–H and O–H groups in total. The van der Waals surface area contributed by atoms with Crippen LogP contribution < -0.4 is 10.0 Å². The van der Waals surface area contributed by atoms with E-state index in [2.05, 4.69) is 10.0 Å². The van der Waals surface area contributed by atoms with Gasteiger partial charge in [0.05, 0.1) is 0 Å². The lowest BCUT2D eigenvalue weighted by Gasteiger charge is -2.09. The molecule has 1 aromatic carbocycles. The van der Waals surface area contributed by atoms with Crippen LogP contribution in [-0.4, -0.2) is 22.0 Å². The third-order valence-corrected chi connectivity index (χ3v) is 6.07. The Balaban J connectivity index is 2.07. The maximum absolute atomic E-state index is 12.5. The molecule has 0 aliphatic heterocycles. The maximum Gasteiger partial charge on any atom is 0.241 e. The Morgan fingerprint density at radius 3 is 2.57 bits per heavy atom. The minimum Gasteiger partial charge on any atom is -0.315 e. The Bertz CT molecular complexity index is 679. The summed E-state index contributed by atoms with van der Waals surface area (Å²) in [6, 6.07) is 9.86. The maximum atomic E-state index is 12.5. The quantitative estimate of drug-likeness (QED) is 0.821. The molecule has 0 amide bonds. The summed E-state index contributed by atoms with van der Waals surface area (Å²) < 4.78 is 27.6. The molecule has 4 nitrogen and oxygen atoms in total. The minimum absolute atomic E-state index is 0.403. The van der Waals surface area contributed by atoms with Crippen molar-refractivity contribution in [3.63, 3.8) is 0 Å². The van der Waals surface area contributed by atoms with Crippen molar-refractivity contribution in [2.24, 2.45) is 0 Å². The first-order chi connectivity index (χ1) is 10.0. The minimum atomic E-state index is -3.45. The number of rotatable bonds is 7. The molecule has 21 heavy (non-hydrogen) atoms. The second kappa shape index (κ2) is 7.17. The highest BCUT2D eigenvalue weighted by Gasteiger charge is 2.22. The van der Waals surface area contributed by atoms with Crippen LogP contribution in [0.2, 0.25) is 0 Å². The summed E-state index contributed by atoms with van der Waals surface area (Å²) in [5.41, 5.74) is 1.93. The van der Waals surface area contributed by atoms with E-state index in [9.17, 15) is 8.42 Å². The number of nitrogens with one attached hydrogen (secondary N) is 2. The van der Waals surface area contributed by atoms with E-state index in [1.54, 1.807) is 0 Å². The lowest BCUT2D eigenvalue weighted by molar-refractivity contribution is 0.580. The van der Waals surface area contributed by atoms with Crippen LogP contribution in [0.25, 0.3) is 0 Å². The van der Waals surface area contributed by atoms with E-state index in [0.29, 0.717) is 24.4 Å². The zero-order valence-corrected chi connectivity index (χ0v) is 13.9. The Hall–Kier alpha value is -1.21. The van der Waals surface area contributed by atoms with Gasteiger partial charge in [-0.2, -0.15) is 0 Å². The van der Waals surface area contributed by atoms with Crippen molar-refractivity contribution in [1.82, 2.24) is 10.0 Å². The molecule has 0 saturated carbocycles. The Morgan fingerprint density at radius 1 is 1.19 bits per heavy atom. The molecular weight excluding hydrogens is 304 g/mol. The van der Waals surface area contributed by atoms with Crippen molar-refractivity contribution in [2.75, 3.05) is 13.6 Å². The molecule has 0 fully saturated rings. The highest BCUT2D eigenvalue weighted by atomic mass is 32.2. The summed E-state index contributed by atoms with van der Waals surface area (Å²) in [6.07, 6.45) is 0.685. The predicted octanol–water partition coefficient (Wildman–Crippen LogP) is 2.30. The lowest BCUT2D eigenvalue weighted by atomic mass is 10.2. The van der Waals surface area contributed by atoms with Crippen LogP contribution in [0, 0.1) is 6.92 Å². The zero-order valence-electron chi connectivity index (χ0n) is 12.2. The van der Waals surface area contributed by atoms with E-state index in [-0.39, 0.29) is 0 Å². The molecule has 0 bridgehead atoms. The van der Waals surface area contributed by atoms with E-state index in [0.717, 1.165) is 16.0 Å². The first-order valence-corrected chi connectivity index (χ1v) is 9.16. The van der Waals surface area contributed by atoms with E-state index in [1.165, 1.54) is 11.3 Å². The van der Waals surface area contributed by atoms with Crippen LogP contribution in [0.1, 0.15) is 16.0 Å². The molecule has 0 spiro atoms. The fraction of sp³-hybridized carbons (Fsp3) is 0.333. The van der Waals surface area contributed by atoms with Crippen LogP contribution in [0.4, 0.5) is 0 Å². The summed E-state index contributed by atoms with van der Waals surface area (Å²) in [4.78, 5) is 1.28. The van der Waals surface area contributed by atoms with Crippen LogP contribution >= 0.6 is 11.3 Å². The van der Waals surface area contributed by atoms with Gasteiger partial charge in [0.15, 0.2) is 0 Å². The molecule has 0 atom stereocenters. The molecular formula is C15H20N2O2S2. The van der Waals surface area contributed by atoms with Gasteiger partial charge in [-0.05, 0) is 36.9 Å². The van der Waals surface area contributed by atoms with Crippen molar-refractivity contribution in [3.8, 4) is 0 Å². The zero-order chi connectivity index (χ0) is 15.3. The predicted molar refractivity (Wildman–Crippen MR) is 87.2 cm³/mol. The largest absolute Gasteiger partial charge is 0.315 e. The Labute approximate surface area is 130 Å². The molecule has 1 aromatic heterocycles. The van der Waals surface area contributed by atoms with Crippen LogP contribution in [-0.2, 0) is 23.0 Å². The van der Waals surface area contributed by atoms with E-state index in [4.69, 9.17) is 0 Å². The van der Waals surface area contributed by atoms with Gasteiger partial charge in [0.1, 0.15) is 4.90 Å². The fourth-order valence-corrected chi connectivity index (χ4v) is 5.03. The summed E-state index contributed by atoms with van der Waals surface area (Å²) in [7, 11) is -1.64. The van der Waals surface area contributed by atoms with Gasteiger partial charge in [-0.3, -0.25) is 0 Å². The first-order valence-electron chi connectivity index (χ1n) is 6.79. The number of sulfonamides is 1. The highest BCUT2D eigenvalue weighted by molar-refractivity contribution is 7.89. The Morgan fingerprint density at radius 2 is 1.90 bits per heavy atom. The van der Waals surface area contributed by atoms with Crippen molar-refractivity contribution >= 4 is 21.4 Å². The van der Waals surface area contributed by atoms with Gasteiger partial charge in [0, 0.05) is 18.0 Å². The van der Waals surface area contributed by atoms with Crippen LogP contribution in [0.5, 0.6) is 0 Å². The number of hydrogen-bond donors (Lipinski definition) is 2. The number of aryl methyl sites for hydroxylation is 1. The smallest absolute Gasteiger partial charge is 0.241 e. The molecule has 0 aliphatic rings. The molecule has 1 heterocycles. The highest BCUT2D eigenvalue weighted by Crippen LogP contribution is 2.26. The topological polar surface area (TPSA) is 58.2 Å². The van der Waals surface area contributed by atoms with E-state index < -0.39 is 10.0 Å². The van der Waals surface area contributed by atoms with E-state index >= 15 is 0 Å². The monoisotopic (exact) mass is 324 g/mol. The molecule has 2 rings (SSSR count). The summed E-state index contributed by atoms with van der Waals surface area (Å²) in [5, 5.41) is 4.90.